The van der Waals surface area contributed by atoms with E-state index < -0.39 is 12.2 Å². The molecule has 0 aromatic carbocycles. The van der Waals surface area contributed by atoms with Crippen molar-refractivity contribution < 1.29 is 29.3 Å². The van der Waals surface area contributed by atoms with Crippen LogP contribution in [0, 0.1) is 11.8 Å². The fourth-order valence-corrected chi connectivity index (χ4v) is 4.25. The standard InChI is InChI=1S/C19H34N2O6/c22-9-11-26-18(24)20-16-5-1-14(2-6-16)13-15-3-7-17(8-4-15)21-19(25)27-12-10-23/h14-17,22-23H,1-13H2,(H,20,24)(H,21,25). The maximum absolute atomic E-state index is 11.5. The van der Waals surface area contributed by atoms with Crippen molar-refractivity contribution in [3.63, 3.8) is 0 Å². The van der Waals surface area contributed by atoms with E-state index in [9.17, 15) is 9.59 Å². The molecule has 2 aliphatic rings. The molecule has 2 rings (SSSR count). The second-order valence-corrected chi connectivity index (χ2v) is 7.68. The number of aliphatic hydroxyl groups excluding tert-OH is 2. The Morgan fingerprint density at radius 1 is 0.704 bits per heavy atom. The van der Waals surface area contributed by atoms with Crippen LogP contribution in [0.15, 0.2) is 0 Å². The first-order valence-electron chi connectivity index (χ1n) is 10.2. The summed E-state index contributed by atoms with van der Waals surface area (Å²) in [6, 6.07) is 0.356. The molecule has 0 unspecified atom stereocenters. The Labute approximate surface area is 161 Å². The van der Waals surface area contributed by atoms with Gasteiger partial charge in [-0.1, -0.05) is 0 Å². The van der Waals surface area contributed by atoms with Crippen LogP contribution in [-0.4, -0.2) is 60.9 Å². The van der Waals surface area contributed by atoms with Crippen LogP contribution in [0.4, 0.5) is 9.59 Å². The fraction of sp³-hybridized carbons (Fsp3) is 0.895. The molecule has 0 aromatic heterocycles. The lowest BCUT2D eigenvalue weighted by molar-refractivity contribution is 0.110. The van der Waals surface area contributed by atoms with Gasteiger partial charge in [-0.2, -0.15) is 0 Å². The minimum absolute atomic E-state index is 0.0396. The van der Waals surface area contributed by atoms with Crippen molar-refractivity contribution >= 4 is 12.2 Å². The molecule has 8 nitrogen and oxygen atoms in total. The van der Waals surface area contributed by atoms with E-state index in [0.717, 1.165) is 51.4 Å². The Morgan fingerprint density at radius 2 is 1.07 bits per heavy atom. The second kappa shape index (κ2) is 12.0. The van der Waals surface area contributed by atoms with Crippen molar-refractivity contribution in [2.45, 2.75) is 69.9 Å². The smallest absolute Gasteiger partial charge is 0.407 e. The Hall–Kier alpha value is -1.54. The first kappa shape index (κ1) is 21.8. The predicted octanol–water partition coefficient (Wildman–Crippen LogP) is 1.93. The van der Waals surface area contributed by atoms with Gasteiger partial charge in [0.05, 0.1) is 13.2 Å². The molecule has 0 saturated heterocycles. The molecule has 0 radical (unpaired) electrons. The van der Waals surface area contributed by atoms with Crippen molar-refractivity contribution in [3.8, 4) is 0 Å². The SMILES string of the molecule is O=C(NC1CCC(CC2CCC(NC(=O)OCCO)CC2)CC1)OCCO. The molecule has 0 spiro atoms. The normalized spacial score (nSPS) is 28.2. The number of rotatable bonds is 8. The predicted molar refractivity (Wildman–Crippen MR) is 99.2 cm³/mol. The van der Waals surface area contributed by atoms with Crippen LogP contribution < -0.4 is 10.6 Å². The summed E-state index contributed by atoms with van der Waals surface area (Å²) in [4.78, 5) is 23.1. The maximum Gasteiger partial charge on any atom is 0.407 e. The van der Waals surface area contributed by atoms with E-state index in [1.807, 2.05) is 0 Å². The molecule has 0 bridgehead atoms. The van der Waals surface area contributed by atoms with Gasteiger partial charge < -0.3 is 30.3 Å². The van der Waals surface area contributed by atoms with Gasteiger partial charge in [-0.3, -0.25) is 0 Å². The van der Waals surface area contributed by atoms with Gasteiger partial charge in [0.2, 0.25) is 0 Å². The summed E-state index contributed by atoms with van der Waals surface area (Å²) < 4.78 is 9.70. The summed E-state index contributed by atoms with van der Waals surface area (Å²) in [5.74, 6) is 1.42. The zero-order chi connectivity index (χ0) is 19.5. The highest BCUT2D eigenvalue weighted by Gasteiger charge is 2.28. The second-order valence-electron chi connectivity index (χ2n) is 7.68. The highest BCUT2D eigenvalue weighted by Crippen LogP contribution is 2.35. The van der Waals surface area contributed by atoms with E-state index in [2.05, 4.69) is 10.6 Å². The van der Waals surface area contributed by atoms with Gasteiger partial charge in [0.25, 0.3) is 0 Å². The van der Waals surface area contributed by atoms with Gasteiger partial charge in [-0.25, -0.2) is 9.59 Å². The average molecular weight is 386 g/mol. The van der Waals surface area contributed by atoms with Gasteiger partial charge in [0.15, 0.2) is 0 Å². The largest absolute Gasteiger partial charge is 0.447 e. The number of amides is 2. The van der Waals surface area contributed by atoms with Gasteiger partial charge in [-0.05, 0) is 69.6 Å². The average Bonchev–Trinajstić information content (AvgIpc) is 2.68. The Morgan fingerprint density at radius 3 is 1.41 bits per heavy atom. The number of carbonyl (C=O) groups excluding carboxylic acids is 2. The number of alkyl carbamates (subject to hydrolysis) is 2. The van der Waals surface area contributed by atoms with Crippen molar-refractivity contribution in [1.29, 1.82) is 0 Å². The van der Waals surface area contributed by atoms with Crippen LogP contribution in [-0.2, 0) is 9.47 Å². The van der Waals surface area contributed by atoms with Crippen molar-refractivity contribution in [1.82, 2.24) is 10.6 Å². The number of aliphatic hydroxyl groups is 2. The minimum Gasteiger partial charge on any atom is -0.447 e. The highest BCUT2D eigenvalue weighted by atomic mass is 16.6. The van der Waals surface area contributed by atoms with E-state index in [4.69, 9.17) is 19.7 Å². The van der Waals surface area contributed by atoms with E-state index in [-0.39, 0.29) is 38.5 Å². The third kappa shape index (κ3) is 8.34. The number of hydrogen-bond donors (Lipinski definition) is 4. The van der Waals surface area contributed by atoms with E-state index >= 15 is 0 Å². The number of nitrogens with one attached hydrogen (secondary N) is 2. The molecular weight excluding hydrogens is 352 g/mol. The summed E-state index contributed by atoms with van der Waals surface area (Å²) >= 11 is 0. The lowest BCUT2D eigenvalue weighted by Gasteiger charge is -2.34. The summed E-state index contributed by atoms with van der Waals surface area (Å²) in [6.07, 6.45) is 8.76. The molecule has 0 heterocycles. The van der Waals surface area contributed by atoms with Crippen LogP contribution in [0.2, 0.25) is 0 Å². The summed E-state index contributed by atoms with van der Waals surface area (Å²) in [7, 11) is 0. The molecular formula is C19H34N2O6. The Bertz CT molecular complexity index is 405. The summed E-state index contributed by atoms with van der Waals surface area (Å²) in [5.41, 5.74) is 0. The molecule has 156 valence electrons. The molecule has 2 saturated carbocycles. The van der Waals surface area contributed by atoms with E-state index in [1.54, 1.807) is 0 Å². The van der Waals surface area contributed by atoms with E-state index in [1.165, 1.54) is 6.42 Å². The van der Waals surface area contributed by atoms with Crippen LogP contribution >= 0.6 is 0 Å². The molecule has 2 fully saturated rings. The topological polar surface area (TPSA) is 117 Å². The van der Waals surface area contributed by atoms with Crippen molar-refractivity contribution in [2.75, 3.05) is 26.4 Å². The van der Waals surface area contributed by atoms with Crippen molar-refractivity contribution in [2.24, 2.45) is 11.8 Å². The van der Waals surface area contributed by atoms with Gasteiger partial charge in [-0.15, -0.1) is 0 Å². The lowest BCUT2D eigenvalue weighted by Crippen LogP contribution is -2.39. The van der Waals surface area contributed by atoms with Crippen molar-refractivity contribution in [3.05, 3.63) is 0 Å². The molecule has 8 heteroatoms. The molecule has 0 atom stereocenters. The molecule has 27 heavy (non-hydrogen) atoms. The van der Waals surface area contributed by atoms with Crippen LogP contribution in [0.25, 0.3) is 0 Å². The van der Waals surface area contributed by atoms with Crippen LogP contribution in [0.3, 0.4) is 0 Å². The number of carbonyl (C=O) groups is 2. The molecule has 2 aliphatic carbocycles. The highest BCUT2D eigenvalue weighted by molar-refractivity contribution is 5.67. The third-order valence-electron chi connectivity index (χ3n) is 5.65. The quantitative estimate of drug-likeness (QED) is 0.506. The summed E-state index contributed by atoms with van der Waals surface area (Å²) in [6.45, 7) is -0.223. The van der Waals surface area contributed by atoms with Gasteiger partial charge in [0, 0.05) is 12.1 Å². The molecule has 4 N–H and O–H groups in total. The first-order chi connectivity index (χ1) is 13.1. The fourth-order valence-electron chi connectivity index (χ4n) is 4.25. The zero-order valence-corrected chi connectivity index (χ0v) is 16.0. The number of hydrogen-bond acceptors (Lipinski definition) is 6. The third-order valence-corrected chi connectivity index (χ3v) is 5.65. The van der Waals surface area contributed by atoms with Gasteiger partial charge in [0.1, 0.15) is 13.2 Å². The minimum atomic E-state index is -0.434. The van der Waals surface area contributed by atoms with Crippen LogP contribution in [0.1, 0.15) is 57.8 Å². The Balaban J connectivity index is 1.57. The van der Waals surface area contributed by atoms with Gasteiger partial charge >= 0.3 is 12.2 Å². The van der Waals surface area contributed by atoms with Crippen LogP contribution in [0.5, 0.6) is 0 Å². The molecule has 0 aliphatic heterocycles. The summed E-state index contributed by atoms with van der Waals surface area (Å²) in [5, 5.41) is 23.1. The first-order valence-corrected chi connectivity index (χ1v) is 10.2. The monoisotopic (exact) mass is 386 g/mol. The molecule has 2 amide bonds. The zero-order valence-electron chi connectivity index (χ0n) is 16.0. The number of ether oxygens (including phenoxy) is 2. The van der Waals surface area contributed by atoms with E-state index in [0.29, 0.717) is 11.8 Å². The Kier molecular flexibility index (Phi) is 9.69. The lowest BCUT2D eigenvalue weighted by atomic mass is 9.76. The molecule has 0 aromatic rings. The maximum atomic E-state index is 11.5.